The van der Waals surface area contributed by atoms with Gasteiger partial charge < -0.3 is 20.3 Å². The van der Waals surface area contributed by atoms with Gasteiger partial charge in [0.05, 0.1) is 13.2 Å². The van der Waals surface area contributed by atoms with Gasteiger partial charge in [-0.05, 0) is 38.0 Å². The van der Waals surface area contributed by atoms with Crippen LogP contribution < -0.4 is 15.5 Å². The lowest BCUT2D eigenvalue weighted by molar-refractivity contribution is 0.155. The number of nitrogens with one attached hydrogen (secondary N) is 2. The van der Waals surface area contributed by atoms with E-state index in [2.05, 4.69) is 65.8 Å². The number of aliphatic imine (C=N–C) groups is 1. The van der Waals surface area contributed by atoms with E-state index in [1.165, 1.54) is 11.3 Å². The van der Waals surface area contributed by atoms with Gasteiger partial charge in [-0.25, -0.2) is 0 Å². The molecule has 0 saturated heterocycles. The molecule has 0 aliphatic carbocycles. The van der Waals surface area contributed by atoms with Crippen LogP contribution in [0.4, 0.5) is 5.69 Å². The lowest BCUT2D eigenvalue weighted by Crippen LogP contribution is -2.38. The van der Waals surface area contributed by atoms with Crippen molar-refractivity contribution in [3.63, 3.8) is 0 Å². The molecule has 1 aromatic rings. The number of hydrogen-bond acceptors (Lipinski definition) is 3. The Labute approximate surface area is 157 Å². The molecule has 0 fully saturated rings. The summed E-state index contributed by atoms with van der Waals surface area (Å²) >= 11 is 0. The minimum Gasteiger partial charge on any atom is -0.380 e. The molecule has 0 aliphatic heterocycles. The van der Waals surface area contributed by atoms with Gasteiger partial charge in [0.2, 0.25) is 0 Å². The normalized spacial score (nSPS) is 10.9. The molecule has 0 saturated carbocycles. The number of hydrogen-bond donors (Lipinski definition) is 2. The first-order valence-electron chi connectivity index (χ1n) is 8.03. The molecule has 1 aromatic carbocycles. The zero-order chi connectivity index (χ0) is 16.2. The smallest absolute Gasteiger partial charge is 0.191 e. The van der Waals surface area contributed by atoms with Gasteiger partial charge in [0.1, 0.15) is 0 Å². The molecule has 0 heterocycles. The fourth-order valence-electron chi connectivity index (χ4n) is 1.99. The van der Waals surface area contributed by atoms with E-state index in [1.807, 2.05) is 6.92 Å². The number of halogens is 1. The quantitative estimate of drug-likeness (QED) is 0.272. The first-order chi connectivity index (χ1) is 10.7. The third-order valence-electron chi connectivity index (χ3n) is 3.21. The minimum absolute atomic E-state index is 0. The third kappa shape index (κ3) is 9.65. The molecule has 0 aliphatic rings. The van der Waals surface area contributed by atoms with E-state index in [0.717, 1.165) is 32.1 Å². The summed E-state index contributed by atoms with van der Waals surface area (Å²) in [7, 11) is 4.11. The van der Waals surface area contributed by atoms with Gasteiger partial charge in [-0.3, -0.25) is 4.99 Å². The van der Waals surface area contributed by atoms with Crippen molar-refractivity contribution < 1.29 is 4.74 Å². The third-order valence-corrected chi connectivity index (χ3v) is 3.21. The van der Waals surface area contributed by atoms with Crippen LogP contribution in [0.25, 0.3) is 0 Å². The van der Waals surface area contributed by atoms with Crippen LogP contribution in [0, 0.1) is 0 Å². The second-order valence-corrected chi connectivity index (χ2v) is 5.20. The molecule has 0 bridgehead atoms. The van der Waals surface area contributed by atoms with E-state index in [1.54, 1.807) is 0 Å². The summed E-state index contributed by atoms with van der Waals surface area (Å²) in [6.07, 6.45) is 0.976. The molecule has 0 aromatic heterocycles. The standard InChI is InChI=1S/C17H30N4O.HI/c1-5-18-17(20-13-14-22-6-2)19-12-11-15-7-9-16(10-8-15)21(3)4;/h7-10H,5-6,11-14H2,1-4H3,(H2,18,19,20);1H. The number of guanidine groups is 1. The second kappa shape index (κ2) is 13.4. The van der Waals surface area contributed by atoms with Crippen molar-refractivity contribution in [1.82, 2.24) is 10.6 Å². The summed E-state index contributed by atoms with van der Waals surface area (Å²) in [6, 6.07) is 8.65. The average molecular weight is 434 g/mol. The van der Waals surface area contributed by atoms with E-state index < -0.39 is 0 Å². The highest BCUT2D eigenvalue weighted by molar-refractivity contribution is 14.0. The first kappa shape index (κ1) is 22.0. The lowest BCUT2D eigenvalue weighted by atomic mass is 10.1. The average Bonchev–Trinajstić information content (AvgIpc) is 2.52. The van der Waals surface area contributed by atoms with Crippen LogP contribution in [0.2, 0.25) is 0 Å². The predicted octanol–water partition coefficient (Wildman–Crippen LogP) is 2.50. The predicted molar refractivity (Wildman–Crippen MR) is 110 cm³/mol. The SMILES string of the molecule is CCNC(=NCCOCC)NCCc1ccc(N(C)C)cc1.I. The Balaban J connectivity index is 0.00000484. The molecule has 5 nitrogen and oxygen atoms in total. The van der Waals surface area contributed by atoms with Gasteiger partial charge in [-0.15, -0.1) is 24.0 Å². The highest BCUT2D eigenvalue weighted by Gasteiger charge is 1.99. The molecule has 0 amide bonds. The van der Waals surface area contributed by atoms with Crippen molar-refractivity contribution in [2.45, 2.75) is 20.3 Å². The molecule has 132 valence electrons. The van der Waals surface area contributed by atoms with Gasteiger partial charge in [0.15, 0.2) is 5.96 Å². The van der Waals surface area contributed by atoms with Crippen LogP contribution in [0.15, 0.2) is 29.3 Å². The van der Waals surface area contributed by atoms with E-state index >= 15 is 0 Å². The zero-order valence-electron chi connectivity index (χ0n) is 14.8. The molecule has 23 heavy (non-hydrogen) atoms. The van der Waals surface area contributed by atoms with Crippen molar-refractivity contribution >= 4 is 35.6 Å². The molecular formula is C17H31IN4O. The highest BCUT2D eigenvalue weighted by atomic mass is 127. The maximum atomic E-state index is 5.30. The molecular weight excluding hydrogens is 403 g/mol. The lowest BCUT2D eigenvalue weighted by Gasteiger charge is -2.13. The van der Waals surface area contributed by atoms with Crippen LogP contribution in [0.5, 0.6) is 0 Å². The molecule has 0 spiro atoms. The van der Waals surface area contributed by atoms with Crippen molar-refractivity contribution in [2.24, 2.45) is 4.99 Å². The Morgan fingerprint density at radius 3 is 2.39 bits per heavy atom. The van der Waals surface area contributed by atoms with Crippen LogP contribution in [-0.2, 0) is 11.2 Å². The van der Waals surface area contributed by atoms with Gasteiger partial charge in [-0.1, -0.05) is 12.1 Å². The van der Waals surface area contributed by atoms with Crippen molar-refractivity contribution in [2.75, 3.05) is 51.8 Å². The molecule has 0 unspecified atom stereocenters. The van der Waals surface area contributed by atoms with Crippen LogP contribution in [-0.4, -0.2) is 52.9 Å². The van der Waals surface area contributed by atoms with Crippen LogP contribution in [0.1, 0.15) is 19.4 Å². The Morgan fingerprint density at radius 1 is 1.13 bits per heavy atom. The highest BCUT2D eigenvalue weighted by Crippen LogP contribution is 2.12. The summed E-state index contributed by atoms with van der Waals surface area (Å²) in [6.45, 7) is 7.87. The maximum absolute atomic E-state index is 5.30. The molecule has 0 atom stereocenters. The molecule has 6 heteroatoms. The zero-order valence-corrected chi connectivity index (χ0v) is 17.1. The van der Waals surface area contributed by atoms with E-state index in [-0.39, 0.29) is 24.0 Å². The van der Waals surface area contributed by atoms with Crippen molar-refractivity contribution in [3.8, 4) is 0 Å². The van der Waals surface area contributed by atoms with Gasteiger partial charge in [0.25, 0.3) is 0 Å². The van der Waals surface area contributed by atoms with E-state index in [4.69, 9.17) is 4.74 Å². The van der Waals surface area contributed by atoms with Crippen LogP contribution >= 0.6 is 24.0 Å². The van der Waals surface area contributed by atoms with E-state index in [0.29, 0.717) is 13.2 Å². The number of anilines is 1. The molecule has 1 rings (SSSR count). The van der Waals surface area contributed by atoms with Gasteiger partial charge >= 0.3 is 0 Å². The number of rotatable bonds is 9. The Morgan fingerprint density at radius 2 is 1.83 bits per heavy atom. The Hall–Kier alpha value is -1.02. The minimum atomic E-state index is 0. The van der Waals surface area contributed by atoms with Gasteiger partial charge in [-0.2, -0.15) is 0 Å². The summed E-state index contributed by atoms with van der Waals surface area (Å²) in [5, 5.41) is 6.60. The number of nitrogens with zero attached hydrogens (tertiary/aromatic N) is 2. The number of benzene rings is 1. The Kier molecular flexibility index (Phi) is 12.8. The summed E-state index contributed by atoms with van der Waals surface area (Å²) < 4.78 is 5.30. The molecule has 0 radical (unpaired) electrons. The first-order valence-corrected chi connectivity index (χ1v) is 8.03. The topological polar surface area (TPSA) is 48.9 Å². The maximum Gasteiger partial charge on any atom is 0.191 e. The number of ether oxygens (including phenoxy) is 1. The molecule has 2 N–H and O–H groups in total. The van der Waals surface area contributed by atoms with E-state index in [9.17, 15) is 0 Å². The monoisotopic (exact) mass is 434 g/mol. The fourth-order valence-corrected chi connectivity index (χ4v) is 1.99. The van der Waals surface area contributed by atoms with Crippen molar-refractivity contribution in [1.29, 1.82) is 0 Å². The Bertz CT molecular complexity index is 435. The van der Waals surface area contributed by atoms with Crippen LogP contribution in [0.3, 0.4) is 0 Å². The van der Waals surface area contributed by atoms with Gasteiger partial charge in [0, 0.05) is 39.5 Å². The second-order valence-electron chi connectivity index (χ2n) is 5.20. The summed E-state index contributed by atoms with van der Waals surface area (Å²) in [5.74, 6) is 0.854. The summed E-state index contributed by atoms with van der Waals surface area (Å²) in [4.78, 5) is 6.59. The largest absolute Gasteiger partial charge is 0.380 e. The van der Waals surface area contributed by atoms with Crippen molar-refractivity contribution in [3.05, 3.63) is 29.8 Å². The fraction of sp³-hybridized carbons (Fsp3) is 0.588. The summed E-state index contributed by atoms with van der Waals surface area (Å²) in [5.41, 5.74) is 2.55.